The monoisotopic (exact) mass is 455 g/mol. The van der Waals surface area contributed by atoms with Crippen LogP contribution in [-0.4, -0.2) is 37.5 Å². The summed E-state index contributed by atoms with van der Waals surface area (Å²) in [6.45, 7) is 7.95. The van der Waals surface area contributed by atoms with E-state index in [0.29, 0.717) is 30.4 Å². The van der Waals surface area contributed by atoms with Crippen LogP contribution in [0.3, 0.4) is 0 Å². The molecule has 1 aliphatic heterocycles. The first kappa shape index (κ1) is 26.7. The fraction of sp³-hybridized carbons (Fsp3) is 0.519. The molecule has 0 aromatic carbocycles. The lowest BCUT2D eigenvalue weighted by molar-refractivity contribution is -0.224. The Hall–Kier alpha value is -2.57. The maximum atomic E-state index is 13.0. The highest BCUT2D eigenvalue weighted by Gasteiger charge is 2.34. The number of carbonyl (C=O) groups excluding carboxylic acids is 3. The van der Waals surface area contributed by atoms with Gasteiger partial charge in [0.1, 0.15) is 0 Å². The SMILES string of the molecule is COC1(OC)CC(C)C=C(C)CCC=CC=C(C)C(=O)NC2=CC(=O)C=C(CC(C)C1)C2=O. The number of hydrogen-bond acceptors (Lipinski definition) is 5. The highest BCUT2D eigenvalue weighted by atomic mass is 16.7. The molecule has 6 nitrogen and oxygen atoms in total. The zero-order valence-corrected chi connectivity index (χ0v) is 20.7. The van der Waals surface area contributed by atoms with Crippen molar-refractivity contribution in [3.05, 3.63) is 58.9 Å². The highest BCUT2D eigenvalue weighted by Crippen LogP contribution is 2.33. The Bertz CT molecular complexity index is 915. The molecule has 6 heteroatoms. The summed E-state index contributed by atoms with van der Waals surface area (Å²) in [7, 11) is 3.28. The number of Topliss-reactive ketones (excluding diaryl/α,β-unsaturated/α-hetero) is 1. The molecule has 2 bridgehead atoms. The maximum absolute atomic E-state index is 13.0. The molecule has 0 spiro atoms. The largest absolute Gasteiger partial charge is 0.353 e. The molecule has 2 aliphatic rings. The van der Waals surface area contributed by atoms with E-state index in [-0.39, 0.29) is 29.1 Å². The molecule has 1 heterocycles. The van der Waals surface area contributed by atoms with Crippen molar-refractivity contribution in [1.29, 1.82) is 0 Å². The summed E-state index contributed by atoms with van der Waals surface area (Å²) in [5, 5.41) is 2.61. The fourth-order valence-corrected chi connectivity index (χ4v) is 4.42. The summed E-state index contributed by atoms with van der Waals surface area (Å²) in [6.07, 6.45) is 13.7. The van der Waals surface area contributed by atoms with Crippen LogP contribution in [0.2, 0.25) is 0 Å². The topological polar surface area (TPSA) is 81.7 Å². The van der Waals surface area contributed by atoms with Crippen molar-refractivity contribution in [3.8, 4) is 0 Å². The van der Waals surface area contributed by atoms with Crippen molar-refractivity contribution in [2.45, 2.75) is 65.6 Å². The molecule has 1 N–H and O–H groups in total. The molecule has 0 aromatic rings. The number of allylic oxidation sites excluding steroid dienone is 8. The third-order valence-electron chi connectivity index (χ3n) is 6.11. The summed E-state index contributed by atoms with van der Waals surface area (Å²) in [6, 6.07) is 0. The van der Waals surface area contributed by atoms with Crippen molar-refractivity contribution in [2.75, 3.05) is 14.2 Å². The minimum atomic E-state index is -0.797. The fourth-order valence-electron chi connectivity index (χ4n) is 4.42. The number of amides is 1. The van der Waals surface area contributed by atoms with Crippen LogP contribution in [-0.2, 0) is 23.9 Å². The van der Waals surface area contributed by atoms with Crippen LogP contribution in [0.15, 0.2) is 58.9 Å². The van der Waals surface area contributed by atoms with Gasteiger partial charge in [0.25, 0.3) is 5.91 Å². The smallest absolute Gasteiger partial charge is 0.251 e. The molecule has 33 heavy (non-hydrogen) atoms. The second-order valence-corrected chi connectivity index (χ2v) is 9.26. The average Bonchev–Trinajstić information content (AvgIpc) is 2.75. The molecule has 2 atom stereocenters. The van der Waals surface area contributed by atoms with E-state index in [0.717, 1.165) is 12.8 Å². The van der Waals surface area contributed by atoms with Crippen molar-refractivity contribution in [1.82, 2.24) is 5.32 Å². The molecule has 180 valence electrons. The Morgan fingerprint density at radius 2 is 1.73 bits per heavy atom. The van der Waals surface area contributed by atoms with E-state index in [1.165, 1.54) is 17.7 Å². The van der Waals surface area contributed by atoms with E-state index in [1.807, 2.05) is 19.1 Å². The quantitative estimate of drug-likeness (QED) is 0.370. The lowest BCUT2D eigenvalue weighted by Gasteiger charge is -2.35. The summed E-state index contributed by atoms with van der Waals surface area (Å²) in [4.78, 5) is 37.8. The van der Waals surface area contributed by atoms with E-state index >= 15 is 0 Å². The van der Waals surface area contributed by atoms with E-state index < -0.39 is 11.7 Å². The number of hydrogen-bond donors (Lipinski definition) is 1. The molecule has 1 aliphatic carbocycles. The second kappa shape index (κ2) is 12.1. The van der Waals surface area contributed by atoms with Gasteiger partial charge in [-0.2, -0.15) is 0 Å². The molecular weight excluding hydrogens is 418 g/mol. The molecule has 0 saturated carbocycles. The van der Waals surface area contributed by atoms with Gasteiger partial charge < -0.3 is 14.8 Å². The minimum absolute atomic E-state index is 0.00754. The van der Waals surface area contributed by atoms with Crippen LogP contribution in [0.4, 0.5) is 0 Å². The van der Waals surface area contributed by atoms with Crippen LogP contribution < -0.4 is 5.32 Å². The summed E-state index contributed by atoms with van der Waals surface area (Å²) in [5.74, 6) is -1.59. The first-order valence-corrected chi connectivity index (χ1v) is 11.5. The number of carbonyl (C=O) groups is 3. The van der Waals surface area contributed by atoms with Gasteiger partial charge in [-0.05, 0) is 51.0 Å². The van der Waals surface area contributed by atoms with Crippen LogP contribution in [0.5, 0.6) is 0 Å². The first-order valence-electron chi connectivity index (χ1n) is 11.5. The normalized spacial score (nSPS) is 25.6. The van der Waals surface area contributed by atoms with Gasteiger partial charge in [-0.25, -0.2) is 0 Å². The molecule has 0 fully saturated rings. The van der Waals surface area contributed by atoms with Crippen LogP contribution in [0, 0.1) is 11.8 Å². The molecule has 1 amide bonds. The first-order chi connectivity index (χ1) is 15.6. The van der Waals surface area contributed by atoms with E-state index in [1.54, 1.807) is 27.2 Å². The Labute approximate surface area is 197 Å². The number of fused-ring (bicyclic) bond motifs is 2. The molecule has 0 aromatic heterocycles. The van der Waals surface area contributed by atoms with Crippen molar-refractivity contribution < 1.29 is 23.9 Å². The molecule has 2 rings (SSSR count). The van der Waals surface area contributed by atoms with Gasteiger partial charge in [0, 0.05) is 44.3 Å². The third-order valence-corrected chi connectivity index (χ3v) is 6.11. The zero-order valence-electron chi connectivity index (χ0n) is 20.7. The molecular formula is C27H37NO5. The van der Waals surface area contributed by atoms with Gasteiger partial charge in [-0.3, -0.25) is 14.4 Å². The van der Waals surface area contributed by atoms with Crippen molar-refractivity contribution >= 4 is 17.5 Å². The number of nitrogens with one attached hydrogen (secondary N) is 1. The number of ketones is 2. The highest BCUT2D eigenvalue weighted by molar-refractivity contribution is 6.21. The van der Waals surface area contributed by atoms with Gasteiger partial charge in [-0.1, -0.05) is 43.7 Å². The van der Waals surface area contributed by atoms with Gasteiger partial charge in [0.15, 0.2) is 11.6 Å². The Morgan fingerprint density at radius 3 is 2.39 bits per heavy atom. The van der Waals surface area contributed by atoms with Gasteiger partial charge >= 0.3 is 0 Å². The van der Waals surface area contributed by atoms with Gasteiger partial charge in [-0.15, -0.1) is 0 Å². The van der Waals surface area contributed by atoms with Crippen LogP contribution in [0.25, 0.3) is 0 Å². The number of methoxy groups -OCH3 is 2. The Kier molecular flexibility index (Phi) is 9.74. The predicted octanol–water partition coefficient (Wildman–Crippen LogP) is 4.74. The van der Waals surface area contributed by atoms with Crippen molar-refractivity contribution in [3.63, 3.8) is 0 Å². The predicted molar refractivity (Wildman–Crippen MR) is 129 cm³/mol. The Balaban J connectivity index is 2.37. The molecule has 0 radical (unpaired) electrons. The van der Waals surface area contributed by atoms with E-state index in [2.05, 4.69) is 25.2 Å². The van der Waals surface area contributed by atoms with Gasteiger partial charge in [0.05, 0.1) is 5.70 Å². The lowest BCUT2D eigenvalue weighted by Crippen LogP contribution is -2.38. The molecule has 2 unspecified atom stereocenters. The Morgan fingerprint density at radius 1 is 1.03 bits per heavy atom. The van der Waals surface area contributed by atoms with Crippen LogP contribution >= 0.6 is 0 Å². The molecule has 0 saturated heterocycles. The maximum Gasteiger partial charge on any atom is 0.251 e. The number of rotatable bonds is 2. The third kappa shape index (κ3) is 7.76. The standard InChI is InChI=1S/C27H37NO5/c1-18-10-8-7-9-11-21(4)26(31)28-24-15-23(29)14-22(25(24)30)13-20(3)17-27(32-5,33-6)16-19(2)12-18/h7,9,11-12,14-15,19-20H,8,10,13,16-17H2,1-6H3,(H,28,31). The van der Waals surface area contributed by atoms with Crippen molar-refractivity contribution in [2.24, 2.45) is 11.8 Å². The van der Waals surface area contributed by atoms with E-state index in [4.69, 9.17) is 9.47 Å². The lowest BCUT2D eigenvalue weighted by atomic mass is 9.85. The average molecular weight is 456 g/mol. The van der Waals surface area contributed by atoms with Crippen LogP contribution in [0.1, 0.15) is 59.8 Å². The summed E-state index contributed by atoms with van der Waals surface area (Å²) >= 11 is 0. The minimum Gasteiger partial charge on any atom is -0.353 e. The second-order valence-electron chi connectivity index (χ2n) is 9.26. The van der Waals surface area contributed by atoms with E-state index in [9.17, 15) is 14.4 Å². The number of ether oxygens (including phenoxy) is 2. The summed E-state index contributed by atoms with van der Waals surface area (Å²) < 4.78 is 11.7. The summed E-state index contributed by atoms with van der Waals surface area (Å²) in [5.41, 5.74) is 2.14. The van der Waals surface area contributed by atoms with Gasteiger partial charge in [0.2, 0.25) is 5.78 Å². The zero-order chi connectivity index (χ0) is 24.6.